The van der Waals surface area contributed by atoms with E-state index in [0.29, 0.717) is 6.25 Å². The molecule has 2 atom stereocenters. The fraction of sp³-hybridized carbons (Fsp3) is 0.636. The van der Waals surface area contributed by atoms with Gasteiger partial charge in [-0.25, -0.2) is 0 Å². The van der Waals surface area contributed by atoms with Gasteiger partial charge in [0.05, 0.1) is 0 Å². The minimum atomic E-state index is -0.739. The molecule has 0 saturated heterocycles. The number of allylic oxidation sites excluding steroid dienone is 8. The summed E-state index contributed by atoms with van der Waals surface area (Å²) in [5.41, 5.74) is 6.89. The molecule has 0 heterocycles. The van der Waals surface area contributed by atoms with Gasteiger partial charge >= 0.3 is 156 Å². The van der Waals surface area contributed by atoms with Crippen LogP contribution in [-0.2, 0) is 23.2 Å². The summed E-state index contributed by atoms with van der Waals surface area (Å²) in [6.45, 7) is 23.8. The number of hydrogen-bond donors (Lipinski definition) is 0. The fourth-order valence-corrected chi connectivity index (χ4v) is 9.05. The third kappa shape index (κ3) is 4.83. The van der Waals surface area contributed by atoms with E-state index in [9.17, 15) is 0 Å². The van der Waals surface area contributed by atoms with Gasteiger partial charge in [-0.3, -0.25) is 0 Å². The Labute approximate surface area is 180 Å². The van der Waals surface area contributed by atoms with Gasteiger partial charge in [-0.1, -0.05) is 0 Å². The van der Waals surface area contributed by atoms with E-state index < -0.39 is 23.2 Å². The zero-order valence-corrected chi connectivity index (χ0v) is 21.5. The third-order valence-corrected chi connectivity index (χ3v) is 10.9. The van der Waals surface area contributed by atoms with Gasteiger partial charge in [0.25, 0.3) is 0 Å². The summed E-state index contributed by atoms with van der Waals surface area (Å²) in [6, 6.07) is 0. The second kappa shape index (κ2) is 7.81. The first-order valence-electron chi connectivity index (χ1n) is 8.82. The van der Waals surface area contributed by atoms with Crippen LogP contribution in [0.2, 0.25) is 6.25 Å². The van der Waals surface area contributed by atoms with E-state index in [-0.39, 0.29) is 35.6 Å². The Hall–Kier alpha value is 0.423. The van der Waals surface area contributed by atoms with E-state index in [4.69, 9.17) is 0 Å². The first-order valence-corrected chi connectivity index (χ1v) is 11.3. The van der Waals surface area contributed by atoms with Crippen LogP contribution in [0.25, 0.3) is 0 Å². The van der Waals surface area contributed by atoms with Crippen molar-refractivity contribution in [2.75, 3.05) is 0 Å². The maximum atomic E-state index is 2.52. The Bertz CT molecular complexity index is 582. The van der Waals surface area contributed by atoms with E-state index in [2.05, 4.69) is 93.5 Å². The molecule has 0 radical (unpaired) electrons. The minimum Gasteiger partial charge on any atom is -1.00 e. The smallest absolute Gasteiger partial charge is 1.00 e. The van der Waals surface area contributed by atoms with E-state index in [1.165, 1.54) is 0 Å². The fourth-order valence-electron chi connectivity index (χ4n) is 3.99. The Morgan fingerprint density at radius 1 is 0.680 bits per heavy atom. The predicted molar refractivity (Wildman–Crippen MR) is 99.3 cm³/mol. The van der Waals surface area contributed by atoms with E-state index in [1.54, 1.807) is 22.3 Å². The van der Waals surface area contributed by atoms with Crippen molar-refractivity contribution in [3.63, 3.8) is 0 Å². The summed E-state index contributed by atoms with van der Waals surface area (Å²) in [7, 11) is 0. The summed E-state index contributed by atoms with van der Waals surface area (Å²) in [5.74, 6) is 0. The van der Waals surface area contributed by atoms with Crippen LogP contribution in [0.1, 0.15) is 69.2 Å². The van der Waals surface area contributed by atoms with Crippen LogP contribution < -0.4 is 24.8 Å². The van der Waals surface area contributed by atoms with Crippen LogP contribution in [0.4, 0.5) is 0 Å². The van der Waals surface area contributed by atoms with Gasteiger partial charge in [0, 0.05) is 0 Å². The van der Waals surface area contributed by atoms with E-state index >= 15 is 0 Å². The molecule has 0 aliphatic heterocycles. The average Bonchev–Trinajstić information content (AvgIpc) is 2.78. The topological polar surface area (TPSA) is 0 Å². The number of hydrogen-bond acceptors (Lipinski definition) is 0. The van der Waals surface area contributed by atoms with Crippen LogP contribution in [0.3, 0.4) is 0 Å². The monoisotopic (exact) mass is 458 g/mol. The molecule has 140 valence electrons. The molecule has 2 aliphatic carbocycles. The van der Waals surface area contributed by atoms with Crippen molar-refractivity contribution < 1.29 is 48.0 Å². The first kappa shape index (κ1) is 25.4. The second-order valence-electron chi connectivity index (χ2n) is 9.77. The van der Waals surface area contributed by atoms with E-state index in [1.807, 2.05) is 0 Å². The minimum absolute atomic E-state index is 0. The zero-order valence-electron chi connectivity index (χ0n) is 17.6. The summed E-state index contributed by atoms with van der Waals surface area (Å²) in [5, 5.41) is 0. The molecule has 0 spiro atoms. The van der Waals surface area contributed by atoms with Gasteiger partial charge in [-0.2, -0.15) is 0 Å². The molecule has 0 saturated carbocycles. The first-order chi connectivity index (χ1) is 10.2. The molecule has 2 unspecified atom stereocenters. The van der Waals surface area contributed by atoms with Crippen molar-refractivity contribution in [3.05, 3.63) is 46.6 Å². The van der Waals surface area contributed by atoms with Crippen LogP contribution in [0, 0.1) is 10.8 Å². The van der Waals surface area contributed by atoms with Crippen molar-refractivity contribution in [2.45, 2.75) is 75.5 Å². The van der Waals surface area contributed by atoms with Crippen molar-refractivity contribution in [3.8, 4) is 0 Å². The van der Waals surface area contributed by atoms with Gasteiger partial charge in [0.2, 0.25) is 0 Å². The molecule has 2 aliphatic rings. The summed E-state index contributed by atoms with van der Waals surface area (Å²) in [4.78, 5) is 0. The molecule has 0 bridgehead atoms. The summed E-state index contributed by atoms with van der Waals surface area (Å²) < 4.78 is 0.666. The molecular weight excluding hydrogens is 426 g/mol. The molecule has 0 fully saturated rings. The second-order valence-corrected chi connectivity index (χ2v) is 15.5. The Morgan fingerprint density at radius 3 is 1.16 bits per heavy atom. The Balaban J connectivity index is 0.00000288. The van der Waals surface area contributed by atoms with Gasteiger partial charge in [0.1, 0.15) is 0 Å². The normalized spacial score (nSPS) is 28.9. The Kier molecular flexibility index (Phi) is 7.94. The van der Waals surface area contributed by atoms with Crippen LogP contribution in [0.15, 0.2) is 46.6 Å². The van der Waals surface area contributed by atoms with Crippen LogP contribution in [-0.4, -0.2) is 0 Å². The standard InChI is InChI=1S/2C11H17.2ClH.Zr/c2*1-8-6-7-10(9(8)2)11(3,4)5;;;/h2*6-7H,1-5H3;2*1H;/q;;;;+2/p-2. The largest absolute Gasteiger partial charge is 1.00 e. The predicted octanol–water partition coefficient (Wildman–Crippen LogP) is 1.30. The molecule has 2 rings (SSSR count). The van der Waals surface area contributed by atoms with Gasteiger partial charge in [-0.15, -0.1) is 0 Å². The molecule has 0 aromatic rings. The molecule has 25 heavy (non-hydrogen) atoms. The molecule has 0 amide bonds. The number of rotatable bonds is 2. The molecule has 0 aromatic heterocycles. The van der Waals surface area contributed by atoms with Crippen molar-refractivity contribution in [1.29, 1.82) is 0 Å². The summed E-state index contributed by atoms with van der Waals surface area (Å²) in [6.07, 6.45) is 9.89. The maximum absolute atomic E-state index is 2.52. The Morgan fingerprint density at radius 2 is 0.960 bits per heavy atom. The van der Waals surface area contributed by atoms with Crippen molar-refractivity contribution in [2.24, 2.45) is 10.8 Å². The molecule has 0 nitrogen and oxygen atoms in total. The maximum Gasteiger partial charge on any atom is -1.00 e. The molecule has 3 heteroatoms. The van der Waals surface area contributed by atoms with Crippen LogP contribution >= 0.6 is 0 Å². The number of halogens is 2. The van der Waals surface area contributed by atoms with Gasteiger partial charge < -0.3 is 24.8 Å². The zero-order chi connectivity index (χ0) is 17.8. The quantitative estimate of drug-likeness (QED) is 0.583. The van der Waals surface area contributed by atoms with Crippen molar-refractivity contribution in [1.82, 2.24) is 0 Å². The van der Waals surface area contributed by atoms with Gasteiger partial charge in [0.15, 0.2) is 0 Å². The average molecular weight is 461 g/mol. The van der Waals surface area contributed by atoms with Gasteiger partial charge in [-0.05, 0) is 0 Å². The molecule has 0 N–H and O–H groups in total. The SMILES string of the molecule is CC1=C(C(C)(C)C)C=C[C]1(C)[Zr+2][C]1(C)C=CC(C(C)(C)C)=C1C.[Cl-].[Cl-]. The summed E-state index contributed by atoms with van der Waals surface area (Å²) >= 11 is -0.739. The molecule has 0 aromatic carbocycles. The molecular formula is C22H34Cl2Zr. The van der Waals surface area contributed by atoms with Crippen LogP contribution in [0.5, 0.6) is 0 Å². The van der Waals surface area contributed by atoms with Crippen molar-refractivity contribution >= 4 is 0 Å². The van der Waals surface area contributed by atoms with E-state index in [0.717, 1.165) is 0 Å². The third-order valence-electron chi connectivity index (χ3n) is 5.67.